The van der Waals surface area contributed by atoms with Crippen LogP contribution in [0.4, 0.5) is 0 Å². The highest BCUT2D eigenvalue weighted by Crippen LogP contribution is 2.31. The first kappa shape index (κ1) is 10.8. The van der Waals surface area contributed by atoms with E-state index in [1.54, 1.807) is 12.3 Å². The molecule has 0 amide bonds. The number of phenols is 1. The third kappa shape index (κ3) is 1.82. The molecule has 0 bridgehead atoms. The predicted molar refractivity (Wildman–Crippen MR) is 73.6 cm³/mol. The molecule has 0 unspecified atom stereocenters. The van der Waals surface area contributed by atoms with Crippen LogP contribution in [0.3, 0.4) is 0 Å². The van der Waals surface area contributed by atoms with Gasteiger partial charge in [-0.05, 0) is 36.8 Å². The zero-order valence-electron chi connectivity index (χ0n) is 10.1. The summed E-state index contributed by atoms with van der Waals surface area (Å²) in [6.45, 7) is 2.02. The molecule has 0 radical (unpaired) electrons. The molecule has 2 aromatic carbocycles. The summed E-state index contributed by atoms with van der Waals surface area (Å²) in [6.07, 6.45) is 1.78. The van der Waals surface area contributed by atoms with Crippen LogP contribution >= 0.6 is 0 Å². The van der Waals surface area contributed by atoms with Crippen LogP contribution < -0.4 is 0 Å². The summed E-state index contributed by atoms with van der Waals surface area (Å²) < 4.78 is 0. The van der Waals surface area contributed by atoms with E-state index in [-0.39, 0.29) is 0 Å². The number of aromatic nitrogens is 1. The maximum Gasteiger partial charge on any atom is 0.123 e. The number of rotatable bonds is 1. The van der Waals surface area contributed by atoms with Crippen molar-refractivity contribution in [3.05, 3.63) is 60.3 Å². The number of hydrogen-bond donors (Lipinski definition) is 1. The fraction of sp³-hybridized carbons (Fsp3) is 0.0625. The summed E-state index contributed by atoms with van der Waals surface area (Å²) in [5.74, 6) is 0.302. The summed E-state index contributed by atoms with van der Waals surface area (Å²) in [5.41, 5.74) is 3.91. The van der Waals surface area contributed by atoms with Gasteiger partial charge < -0.3 is 5.11 Å². The van der Waals surface area contributed by atoms with Gasteiger partial charge in [0.1, 0.15) is 5.75 Å². The van der Waals surface area contributed by atoms with Crippen LogP contribution in [0.5, 0.6) is 5.75 Å². The molecule has 3 rings (SSSR count). The van der Waals surface area contributed by atoms with Gasteiger partial charge in [-0.15, -0.1) is 0 Å². The Bertz CT molecular complexity index is 719. The van der Waals surface area contributed by atoms with Crippen LogP contribution in [0.25, 0.3) is 22.0 Å². The van der Waals surface area contributed by atoms with E-state index in [2.05, 4.69) is 4.98 Å². The SMILES string of the molecule is Cc1ccc(O)c(-c2ccc3cccnc3c2)c1. The molecule has 1 aromatic heterocycles. The molecule has 18 heavy (non-hydrogen) atoms. The Hall–Kier alpha value is -2.35. The van der Waals surface area contributed by atoms with E-state index in [0.717, 1.165) is 27.6 Å². The van der Waals surface area contributed by atoms with Crippen molar-refractivity contribution >= 4 is 10.9 Å². The second kappa shape index (κ2) is 4.15. The first-order valence-corrected chi connectivity index (χ1v) is 5.89. The molecule has 0 aliphatic rings. The van der Waals surface area contributed by atoms with Crippen molar-refractivity contribution in [3.8, 4) is 16.9 Å². The minimum absolute atomic E-state index is 0.302. The molecular weight excluding hydrogens is 222 g/mol. The summed E-state index contributed by atoms with van der Waals surface area (Å²) in [4.78, 5) is 4.34. The van der Waals surface area contributed by atoms with Gasteiger partial charge in [0.05, 0.1) is 5.52 Å². The lowest BCUT2D eigenvalue weighted by Gasteiger charge is -2.07. The topological polar surface area (TPSA) is 33.1 Å². The fourth-order valence-electron chi connectivity index (χ4n) is 2.12. The predicted octanol–water partition coefficient (Wildman–Crippen LogP) is 3.92. The third-order valence-electron chi connectivity index (χ3n) is 3.07. The average molecular weight is 235 g/mol. The van der Waals surface area contributed by atoms with E-state index >= 15 is 0 Å². The van der Waals surface area contributed by atoms with Gasteiger partial charge in [-0.1, -0.05) is 29.8 Å². The van der Waals surface area contributed by atoms with Gasteiger partial charge in [0.2, 0.25) is 0 Å². The Kier molecular flexibility index (Phi) is 2.49. The summed E-state index contributed by atoms with van der Waals surface area (Å²) >= 11 is 0. The van der Waals surface area contributed by atoms with E-state index in [4.69, 9.17) is 0 Å². The quantitative estimate of drug-likeness (QED) is 0.693. The highest BCUT2D eigenvalue weighted by Gasteiger charge is 2.05. The highest BCUT2D eigenvalue weighted by atomic mass is 16.3. The lowest BCUT2D eigenvalue weighted by Crippen LogP contribution is -1.83. The number of aryl methyl sites for hydroxylation is 1. The molecule has 0 fully saturated rings. The molecule has 1 heterocycles. The van der Waals surface area contributed by atoms with Gasteiger partial charge in [0.25, 0.3) is 0 Å². The third-order valence-corrected chi connectivity index (χ3v) is 3.07. The summed E-state index contributed by atoms with van der Waals surface area (Å²) in [6, 6.07) is 15.6. The molecule has 2 nitrogen and oxygen atoms in total. The van der Waals surface area contributed by atoms with E-state index in [9.17, 15) is 5.11 Å². The Morgan fingerprint density at radius 2 is 1.89 bits per heavy atom. The van der Waals surface area contributed by atoms with Gasteiger partial charge in [0, 0.05) is 17.1 Å². The van der Waals surface area contributed by atoms with E-state index in [1.165, 1.54) is 0 Å². The van der Waals surface area contributed by atoms with Crippen molar-refractivity contribution in [2.24, 2.45) is 0 Å². The van der Waals surface area contributed by atoms with Crippen molar-refractivity contribution in [2.45, 2.75) is 6.92 Å². The standard InChI is InChI=1S/C16H13NO/c1-11-4-7-16(18)14(9-11)13-6-5-12-3-2-8-17-15(12)10-13/h2-10,18H,1H3. The molecule has 0 spiro atoms. The number of aromatic hydroxyl groups is 1. The monoisotopic (exact) mass is 235 g/mol. The fourth-order valence-corrected chi connectivity index (χ4v) is 2.12. The first-order valence-electron chi connectivity index (χ1n) is 5.89. The normalized spacial score (nSPS) is 10.7. The molecule has 0 aliphatic carbocycles. The van der Waals surface area contributed by atoms with Gasteiger partial charge in [-0.3, -0.25) is 4.98 Å². The molecule has 1 N–H and O–H groups in total. The Balaban J connectivity index is 2.22. The van der Waals surface area contributed by atoms with Crippen molar-refractivity contribution in [1.29, 1.82) is 0 Å². The average Bonchev–Trinajstić information content (AvgIpc) is 2.41. The lowest BCUT2D eigenvalue weighted by atomic mass is 10.0. The number of fused-ring (bicyclic) bond motifs is 1. The minimum Gasteiger partial charge on any atom is -0.507 e. The number of benzene rings is 2. The molecular formula is C16H13NO. The van der Waals surface area contributed by atoms with E-state index in [1.807, 2.05) is 49.4 Å². The van der Waals surface area contributed by atoms with Crippen molar-refractivity contribution in [2.75, 3.05) is 0 Å². The summed E-state index contributed by atoms with van der Waals surface area (Å²) in [5, 5.41) is 11.0. The van der Waals surface area contributed by atoms with Crippen molar-refractivity contribution in [1.82, 2.24) is 4.98 Å². The maximum absolute atomic E-state index is 9.94. The lowest BCUT2D eigenvalue weighted by molar-refractivity contribution is 0.477. The van der Waals surface area contributed by atoms with E-state index in [0.29, 0.717) is 5.75 Å². The molecule has 2 heteroatoms. The minimum atomic E-state index is 0.302. The zero-order valence-corrected chi connectivity index (χ0v) is 10.1. The first-order chi connectivity index (χ1) is 8.74. The Morgan fingerprint density at radius 3 is 2.78 bits per heavy atom. The van der Waals surface area contributed by atoms with Crippen LogP contribution in [0.2, 0.25) is 0 Å². The second-order valence-corrected chi connectivity index (χ2v) is 4.43. The van der Waals surface area contributed by atoms with Crippen LogP contribution in [0.15, 0.2) is 54.7 Å². The highest BCUT2D eigenvalue weighted by molar-refractivity contribution is 5.85. The zero-order chi connectivity index (χ0) is 12.5. The molecule has 0 saturated carbocycles. The van der Waals surface area contributed by atoms with Crippen LogP contribution in [0.1, 0.15) is 5.56 Å². The molecule has 3 aromatic rings. The Morgan fingerprint density at radius 1 is 1.00 bits per heavy atom. The second-order valence-electron chi connectivity index (χ2n) is 4.43. The van der Waals surface area contributed by atoms with Crippen LogP contribution in [0, 0.1) is 6.92 Å². The maximum atomic E-state index is 9.94. The van der Waals surface area contributed by atoms with Gasteiger partial charge in [-0.25, -0.2) is 0 Å². The molecule has 0 saturated heterocycles. The van der Waals surface area contributed by atoms with Crippen molar-refractivity contribution < 1.29 is 5.11 Å². The van der Waals surface area contributed by atoms with Gasteiger partial charge in [-0.2, -0.15) is 0 Å². The smallest absolute Gasteiger partial charge is 0.123 e. The van der Waals surface area contributed by atoms with Crippen molar-refractivity contribution in [3.63, 3.8) is 0 Å². The number of pyridine rings is 1. The Labute approximate surface area is 106 Å². The van der Waals surface area contributed by atoms with Crippen LogP contribution in [-0.4, -0.2) is 10.1 Å². The van der Waals surface area contributed by atoms with E-state index < -0.39 is 0 Å². The van der Waals surface area contributed by atoms with Gasteiger partial charge in [0.15, 0.2) is 0 Å². The largest absolute Gasteiger partial charge is 0.507 e. The number of phenolic OH excluding ortho intramolecular Hbond substituents is 1. The molecule has 88 valence electrons. The van der Waals surface area contributed by atoms with Crippen LogP contribution in [-0.2, 0) is 0 Å². The number of hydrogen-bond acceptors (Lipinski definition) is 2. The summed E-state index contributed by atoms with van der Waals surface area (Å²) in [7, 11) is 0. The van der Waals surface area contributed by atoms with Gasteiger partial charge >= 0.3 is 0 Å². The molecule has 0 atom stereocenters. The molecule has 0 aliphatic heterocycles. The number of nitrogens with zero attached hydrogens (tertiary/aromatic N) is 1.